The van der Waals surface area contributed by atoms with Gasteiger partial charge in [-0.15, -0.1) is 0 Å². The standard InChI is InChI=1S/C16H24O3/c1-11(10-15(18)19-5)6-8-13-12(2)7-9-14(17)16(13,3)4/h6,8,10,13-14,17H,2,7,9H2,1,3-5H3/b8-6+,11-10+/t13-,14-/m0/s1. The van der Waals surface area contributed by atoms with Gasteiger partial charge in [0.2, 0.25) is 0 Å². The number of hydrogen-bond donors (Lipinski definition) is 1. The van der Waals surface area contributed by atoms with Gasteiger partial charge in [-0.1, -0.05) is 38.2 Å². The Morgan fingerprint density at radius 2 is 2.16 bits per heavy atom. The third-order valence-corrected chi connectivity index (χ3v) is 3.94. The number of aliphatic hydroxyl groups excluding tert-OH is 1. The lowest BCUT2D eigenvalue weighted by Gasteiger charge is -2.42. The number of hydrogen-bond acceptors (Lipinski definition) is 3. The predicted octanol–water partition coefficient (Wildman–Crippen LogP) is 3.02. The van der Waals surface area contributed by atoms with E-state index in [1.165, 1.54) is 13.2 Å². The highest BCUT2D eigenvalue weighted by molar-refractivity contribution is 5.83. The Morgan fingerprint density at radius 1 is 1.53 bits per heavy atom. The van der Waals surface area contributed by atoms with Gasteiger partial charge in [0.05, 0.1) is 13.2 Å². The first-order chi connectivity index (χ1) is 8.78. The summed E-state index contributed by atoms with van der Waals surface area (Å²) in [4.78, 5) is 11.1. The molecule has 3 nitrogen and oxygen atoms in total. The summed E-state index contributed by atoms with van der Waals surface area (Å²) in [7, 11) is 1.36. The van der Waals surface area contributed by atoms with Gasteiger partial charge in [0.25, 0.3) is 0 Å². The summed E-state index contributed by atoms with van der Waals surface area (Å²) in [5.74, 6) is -0.235. The molecule has 1 N–H and O–H groups in total. The zero-order valence-electron chi connectivity index (χ0n) is 12.3. The van der Waals surface area contributed by atoms with Gasteiger partial charge in [-0.3, -0.25) is 0 Å². The van der Waals surface area contributed by atoms with Gasteiger partial charge in [-0.25, -0.2) is 4.79 Å². The van der Waals surface area contributed by atoms with E-state index >= 15 is 0 Å². The van der Waals surface area contributed by atoms with Crippen LogP contribution in [0.4, 0.5) is 0 Å². The molecule has 3 heteroatoms. The van der Waals surface area contributed by atoms with Crippen molar-refractivity contribution in [1.82, 2.24) is 0 Å². The molecule has 0 unspecified atom stereocenters. The molecule has 0 aliphatic heterocycles. The van der Waals surface area contributed by atoms with Crippen molar-refractivity contribution in [2.24, 2.45) is 11.3 Å². The lowest BCUT2D eigenvalue weighted by Crippen LogP contribution is -2.40. The normalized spacial score (nSPS) is 27.6. The fourth-order valence-corrected chi connectivity index (χ4v) is 2.51. The van der Waals surface area contributed by atoms with Crippen LogP contribution in [0.2, 0.25) is 0 Å². The zero-order valence-corrected chi connectivity index (χ0v) is 12.3. The number of ether oxygens (including phenoxy) is 1. The largest absolute Gasteiger partial charge is 0.466 e. The highest BCUT2D eigenvalue weighted by Crippen LogP contribution is 2.44. The van der Waals surface area contributed by atoms with E-state index in [0.717, 1.165) is 24.0 Å². The molecule has 0 aromatic rings. The topological polar surface area (TPSA) is 46.5 Å². The van der Waals surface area contributed by atoms with Crippen LogP contribution >= 0.6 is 0 Å². The molecule has 0 bridgehead atoms. The van der Waals surface area contributed by atoms with Crippen molar-refractivity contribution in [2.45, 2.75) is 39.7 Å². The van der Waals surface area contributed by atoms with E-state index in [1.54, 1.807) is 0 Å². The molecule has 1 aliphatic rings. The summed E-state index contributed by atoms with van der Waals surface area (Å²) in [6.45, 7) is 10.1. The molecule has 0 amide bonds. The molecule has 106 valence electrons. The van der Waals surface area contributed by atoms with Crippen molar-refractivity contribution >= 4 is 5.97 Å². The highest BCUT2D eigenvalue weighted by Gasteiger charge is 2.39. The molecule has 0 saturated heterocycles. The Kier molecular flexibility index (Phi) is 5.12. The van der Waals surface area contributed by atoms with Crippen LogP contribution in [0.15, 0.2) is 36.0 Å². The number of esters is 1. The number of methoxy groups -OCH3 is 1. The molecular formula is C16H24O3. The maximum Gasteiger partial charge on any atom is 0.330 e. The molecule has 0 aromatic carbocycles. The molecule has 1 aliphatic carbocycles. The maximum absolute atomic E-state index is 11.1. The predicted molar refractivity (Wildman–Crippen MR) is 76.6 cm³/mol. The van der Waals surface area contributed by atoms with Gasteiger partial charge >= 0.3 is 5.97 Å². The summed E-state index contributed by atoms with van der Waals surface area (Å²) in [5.41, 5.74) is 1.74. The van der Waals surface area contributed by atoms with Gasteiger partial charge in [0, 0.05) is 17.4 Å². The smallest absolute Gasteiger partial charge is 0.330 e. The minimum Gasteiger partial charge on any atom is -0.466 e. The maximum atomic E-state index is 11.1. The monoisotopic (exact) mass is 264 g/mol. The van der Waals surface area contributed by atoms with Crippen molar-refractivity contribution < 1.29 is 14.6 Å². The van der Waals surface area contributed by atoms with E-state index in [-0.39, 0.29) is 23.4 Å². The van der Waals surface area contributed by atoms with Crippen molar-refractivity contribution in [1.29, 1.82) is 0 Å². The summed E-state index contributed by atoms with van der Waals surface area (Å²) in [6, 6.07) is 0. The first kappa shape index (κ1) is 15.7. The van der Waals surface area contributed by atoms with Crippen molar-refractivity contribution in [3.8, 4) is 0 Å². The van der Waals surface area contributed by atoms with Gasteiger partial charge in [-0.05, 0) is 25.3 Å². The fourth-order valence-electron chi connectivity index (χ4n) is 2.51. The van der Waals surface area contributed by atoms with Crippen LogP contribution in [0.5, 0.6) is 0 Å². The molecular weight excluding hydrogens is 240 g/mol. The highest BCUT2D eigenvalue weighted by atomic mass is 16.5. The third kappa shape index (κ3) is 3.80. The number of carbonyl (C=O) groups excluding carboxylic acids is 1. The van der Waals surface area contributed by atoms with Crippen LogP contribution in [0.25, 0.3) is 0 Å². The van der Waals surface area contributed by atoms with Gasteiger partial charge < -0.3 is 9.84 Å². The molecule has 2 atom stereocenters. The Morgan fingerprint density at radius 3 is 2.74 bits per heavy atom. The summed E-state index contributed by atoms with van der Waals surface area (Å²) < 4.78 is 4.59. The van der Waals surface area contributed by atoms with Crippen LogP contribution in [0.3, 0.4) is 0 Å². The van der Waals surface area contributed by atoms with Gasteiger partial charge in [-0.2, -0.15) is 0 Å². The summed E-state index contributed by atoms with van der Waals surface area (Å²) in [5, 5.41) is 10.1. The minimum absolute atomic E-state index is 0.122. The van der Waals surface area contributed by atoms with Crippen molar-refractivity contribution in [3.05, 3.63) is 36.0 Å². The quantitative estimate of drug-likeness (QED) is 0.369. The number of aliphatic hydroxyl groups is 1. The molecule has 0 aromatic heterocycles. The van der Waals surface area contributed by atoms with Crippen LogP contribution < -0.4 is 0 Å². The van der Waals surface area contributed by atoms with Crippen LogP contribution in [0, 0.1) is 11.3 Å². The van der Waals surface area contributed by atoms with E-state index < -0.39 is 0 Å². The Balaban J connectivity index is 2.86. The van der Waals surface area contributed by atoms with E-state index in [0.29, 0.717) is 0 Å². The minimum atomic E-state index is -0.357. The number of allylic oxidation sites excluding steroid dienone is 4. The molecule has 1 rings (SSSR count). The van der Waals surface area contributed by atoms with E-state index in [2.05, 4.69) is 25.2 Å². The average Bonchev–Trinajstić information content (AvgIpc) is 2.33. The summed E-state index contributed by atoms with van der Waals surface area (Å²) >= 11 is 0. The van der Waals surface area contributed by atoms with Crippen molar-refractivity contribution in [2.75, 3.05) is 7.11 Å². The summed E-state index contributed by atoms with van der Waals surface area (Å²) in [6.07, 6.45) is 6.67. The van der Waals surface area contributed by atoms with Crippen LogP contribution in [-0.2, 0) is 9.53 Å². The van der Waals surface area contributed by atoms with Gasteiger partial charge in [0.1, 0.15) is 0 Å². The molecule has 1 fully saturated rings. The second-order valence-corrected chi connectivity index (χ2v) is 5.78. The van der Waals surface area contributed by atoms with E-state index in [9.17, 15) is 9.90 Å². The first-order valence-corrected chi connectivity index (χ1v) is 6.59. The number of rotatable bonds is 3. The Bertz CT molecular complexity index is 416. The van der Waals surface area contributed by atoms with Crippen LogP contribution in [-0.4, -0.2) is 24.3 Å². The Hall–Kier alpha value is -1.35. The molecule has 1 saturated carbocycles. The molecule has 0 heterocycles. The molecule has 0 radical (unpaired) electrons. The van der Waals surface area contributed by atoms with E-state index in [1.807, 2.05) is 19.1 Å². The Labute approximate surface area is 115 Å². The third-order valence-electron chi connectivity index (χ3n) is 3.94. The van der Waals surface area contributed by atoms with Crippen molar-refractivity contribution in [3.63, 3.8) is 0 Å². The lowest BCUT2D eigenvalue weighted by atomic mass is 9.65. The molecule has 0 spiro atoms. The fraction of sp³-hybridized carbons (Fsp3) is 0.562. The van der Waals surface area contributed by atoms with Crippen LogP contribution in [0.1, 0.15) is 33.6 Å². The second-order valence-electron chi connectivity index (χ2n) is 5.78. The SMILES string of the molecule is C=C1CC[C@H](O)C(C)(C)[C@H]1/C=C/C(C)=C/C(=O)OC. The van der Waals surface area contributed by atoms with Gasteiger partial charge in [0.15, 0.2) is 0 Å². The first-order valence-electron chi connectivity index (χ1n) is 6.59. The lowest BCUT2D eigenvalue weighted by molar-refractivity contribution is -0.134. The molecule has 19 heavy (non-hydrogen) atoms. The average molecular weight is 264 g/mol. The second kappa shape index (κ2) is 6.20. The zero-order chi connectivity index (χ0) is 14.6. The van der Waals surface area contributed by atoms with E-state index in [4.69, 9.17) is 0 Å². The number of carbonyl (C=O) groups is 1.